The SMILES string of the molecule is CSN1CCCc2c([nH]c3ccccc23)C1c1c(F)cc(C)cc1F. The fourth-order valence-corrected chi connectivity index (χ4v) is 4.60. The Balaban J connectivity index is 1.99. The molecule has 0 amide bonds. The minimum Gasteiger partial charge on any atom is -0.357 e. The van der Waals surface area contributed by atoms with Crippen LogP contribution in [-0.2, 0) is 6.42 Å². The highest BCUT2D eigenvalue weighted by Crippen LogP contribution is 2.41. The molecule has 0 aliphatic carbocycles. The van der Waals surface area contributed by atoms with Crippen LogP contribution in [0.1, 0.15) is 34.8 Å². The summed E-state index contributed by atoms with van der Waals surface area (Å²) in [5, 5.41) is 1.15. The highest BCUT2D eigenvalue weighted by molar-refractivity contribution is 7.96. The predicted molar refractivity (Wildman–Crippen MR) is 99.8 cm³/mol. The molecule has 0 radical (unpaired) electrons. The lowest BCUT2D eigenvalue weighted by molar-refractivity contribution is 0.382. The number of nitrogens with zero attached hydrogens (tertiary/aromatic N) is 1. The van der Waals surface area contributed by atoms with Gasteiger partial charge in [-0.1, -0.05) is 30.1 Å². The van der Waals surface area contributed by atoms with Crippen molar-refractivity contribution in [1.82, 2.24) is 9.29 Å². The molecule has 2 nitrogen and oxygen atoms in total. The van der Waals surface area contributed by atoms with Crippen LogP contribution >= 0.6 is 11.9 Å². The van der Waals surface area contributed by atoms with E-state index in [9.17, 15) is 8.78 Å². The largest absolute Gasteiger partial charge is 0.357 e. The number of aromatic amines is 1. The summed E-state index contributed by atoms with van der Waals surface area (Å²) < 4.78 is 31.7. The van der Waals surface area contributed by atoms with Crippen molar-refractivity contribution in [3.05, 3.63) is 70.4 Å². The summed E-state index contributed by atoms with van der Waals surface area (Å²) in [7, 11) is 0. The van der Waals surface area contributed by atoms with Gasteiger partial charge in [0.25, 0.3) is 0 Å². The molecule has 5 heteroatoms. The first kappa shape index (κ1) is 16.6. The van der Waals surface area contributed by atoms with Crippen molar-refractivity contribution in [2.24, 2.45) is 0 Å². The predicted octanol–water partition coefficient (Wildman–Crippen LogP) is 5.37. The number of nitrogens with one attached hydrogen (secondary N) is 1. The van der Waals surface area contributed by atoms with Crippen LogP contribution in [0, 0.1) is 18.6 Å². The minimum atomic E-state index is -0.479. The molecule has 1 aliphatic rings. The van der Waals surface area contributed by atoms with Crippen molar-refractivity contribution in [2.75, 3.05) is 12.8 Å². The number of rotatable bonds is 2. The van der Waals surface area contributed by atoms with E-state index in [4.69, 9.17) is 0 Å². The van der Waals surface area contributed by atoms with Gasteiger partial charge in [0.15, 0.2) is 0 Å². The average molecular weight is 358 g/mol. The van der Waals surface area contributed by atoms with Crippen LogP contribution in [0.3, 0.4) is 0 Å². The lowest BCUT2D eigenvalue weighted by atomic mass is 9.97. The molecule has 2 heterocycles. The van der Waals surface area contributed by atoms with Crippen molar-refractivity contribution in [3.8, 4) is 0 Å². The van der Waals surface area contributed by atoms with Crippen LogP contribution in [0.4, 0.5) is 8.78 Å². The Morgan fingerprint density at radius 2 is 1.88 bits per heavy atom. The first-order valence-electron chi connectivity index (χ1n) is 8.46. The van der Waals surface area contributed by atoms with E-state index in [2.05, 4.69) is 15.4 Å². The Kier molecular flexibility index (Phi) is 4.29. The van der Waals surface area contributed by atoms with Gasteiger partial charge in [-0.15, -0.1) is 0 Å². The molecular weight excluding hydrogens is 338 g/mol. The van der Waals surface area contributed by atoms with Crippen molar-refractivity contribution < 1.29 is 8.78 Å². The van der Waals surface area contributed by atoms with Crippen molar-refractivity contribution in [3.63, 3.8) is 0 Å². The summed E-state index contributed by atoms with van der Waals surface area (Å²) in [6.45, 7) is 2.50. The fraction of sp³-hybridized carbons (Fsp3) is 0.300. The summed E-state index contributed by atoms with van der Waals surface area (Å²) in [6, 6.07) is 10.5. The van der Waals surface area contributed by atoms with E-state index in [1.165, 1.54) is 29.6 Å². The second-order valence-electron chi connectivity index (χ2n) is 6.53. The molecule has 0 fully saturated rings. The Bertz CT molecular complexity index is 912. The first-order valence-corrected chi connectivity index (χ1v) is 9.64. The standard InChI is InChI=1S/C20H20F2N2S/c1-12-10-15(21)18(16(22)11-12)20-19-14(7-5-9-24(20)25-2)13-6-3-4-8-17(13)23-19/h3-4,6,8,10-11,20,23H,5,7,9H2,1-2H3. The number of H-pyrrole nitrogens is 1. The monoisotopic (exact) mass is 358 g/mol. The molecule has 3 aromatic rings. The second-order valence-corrected chi connectivity index (χ2v) is 7.37. The number of halogens is 2. The van der Waals surface area contributed by atoms with Gasteiger partial charge in [0.1, 0.15) is 11.6 Å². The summed E-state index contributed by atoms with van der Waals surface area (Å²) in [5.41, 5.74) is 3.84. The normalized spacial score (nSPS) is 18.3. The maximum Gasteiger partial charge on any atom is 0.131 e. The first-order chi connectivity index (χ1) is 12.1. The maximum atomic E-state index is 14.8. The smallest absolute Gasteiger partial charge is 0.131 e. The molecular formula is C20H20F2N2S. The molecule has 0 saturated heterocycles. The molecule has 1 aromatic heterocycles. The van der Waals surface area contributed by atoms with E-state index in [0.29, 0.717) is 5.56 Å². The highest BCUT2D eigenvalue weighted by Gasteiger charge is 2.33. The van der Waals surface area contributed by atoms with Gasteiger partial charge in [-0.25, -0.2) is 13.1 Å². The number of fused-ring (bicyclic) bond motifs is 3. The van der Waals surface area contributed by atoms with E-state index in [1.807, 2.05) is 24.5 Å². The van der Waals surface area contributed by atoms with E-state index < -0.39 is 17.7 Å². The molecule has 130 valence electrons. The van der Waals surface area contributed by atoms with Gasteiger partial charge >= 0.3 is 0 Å². The van der Waals surface area contributed by atoms with Gasteiger partial charge in [0, 0.05) is 28.7 Å². The van der Waals surface area contributed by atoms with Crippen LogP contribution < -0.4 is 0 Å². The van der Waals surface area contributed by atoms with E-state index in [-0.39, 0.29) is 5.56 Å². The van der Waals surface area contributed by atoms with Crippen molar-refractivity contribution in [1.29, 1.82) is 0 Å². The van der Waals surface area contributed by atoms with Crippen LogP contribution in [-0.4, -0.2) is 22.1 Å². The zero-order chi connectivity index (χ0) is 17.6. The zero-order valence-electron chi connectivity index (χ0n) is 14.3. The number of aromatic nitrogens is 1. The Morgan fingerprint density at radius 3 is 2.60 bits per heavy atom. The van der Waals surface area contributed by atoms with Crippen LogP contribution in [0.25, 0.3) is 10.9 Å². The molecule has 4 rings (SSSR count). The van der Waals surface area contributed by atoms with Crippen LogP contribution in [0.15, 0.2) is 36.4 Å². The van der Waals surface area contributed by atoms with Gasteiger partial charge < -0.3 is 4.98 Å². The number of hydrogen-bond donors (Lipinski definition) is 1. The third-order valence-corrected chi connectivity index (χ3v) is 5.81. The number of para-hydroxylation sites is 1. The lowest BCUT2D eigenvalue weighted by Crippen LogP contribution is -2.25. The Hall–Kier alpha value is -1.85. The van der Waals surface area contributed by atoms with Crippen LogP contribution in [0.2, 0.25) is 0 Å². The van der Waals surface area contributed by atoms with Gasteiger partial charge in [-0.05, 0) is 55.3 Å². The molecule has 2 aromatic carbocycles. The number of benzene rings is 2. The third-order valence-electron chi connectivity index (χ3n) is 4.94. The Labute approximate surface area is 150 Å². The topological polar surface area (TPSA) is 19.0 Å². The van der Waals surface area contributed by atoms with Gasteiger partial charge in [0.05, 0.1) is 6.04 Å². The Morgan fingerprint density at radius 1 is 1.16 bits per heavy atom. The number of hydrogen-bond acceptors (Lipinski definition) is 2. The molecule has 1 unspecified atom stereocenters. The fourth-order valence-electron chi connectivity index (χ4n) is 3.87. The minimum absolute atomic E-state index is 0.134. The molecule has 1 aliphatic heterocycles. The van der Waals surface area contributed by atoms with E-state index in [1.54, 1.807) is 6.92 Å². The molecule has 0 spiro atoms. The molecule has 1 N–H and O–H groups in total. The van der Waals surface area contributed by atoms with E-state index in [0.717, 1.165) is 36.0 Å². The summed E-state index contributed by atoms with van der Waals surface area (Å²) in [5.74, 6) is -0.957. The van der Waals surface area contributed by atoms with Crippen molar-refractivity contribution >= 4 is 22.9 Å². The van der Waals surface area contributed by atoms with E-state index >= 15 is 0 Å². The average Bonchev–Trinajstić information content (AvgIpc) is 2.84. The molecule has 25 heavy (non-hydrogen) atoms. The molecule has 0 saturated carbocycles. The van der Waals surface area contributed by atoms with Gasteiger partial charge in [0.2, 0.25) is 0 Å². The van der Waals surface area contributed by atoms with Crippen LogP contribution in [0.5, 0.6) is 0 Å². The second kappa shape index (κ2) is 6.46. The molecule has 0 bridgehead atoms. The van der Waals surface area contributed by atoms with Gasteiger partial charge in [-0.3, -0.25) is 0 Å². The summed E-state index contributed by atoms with van der Waals surface area (Å²) >= 11 is 1.54. The maximum absolute atomic E-state index is 14.8. The summed E-state index contributed by atoms with van der Waals surface area (Å²) in [6.07, 6.45) is 3.83. The van der Waals surface area contributed by atoms with Gasteiger partial charge in [-0.2, -0.15) is 0 Å². The lowest BCUT2D eigenvalue weighted by Gasteiger charge is -2.28. The van der Waals surface area contributed by atoms with Crippen molar-refractivity contribution in [2.45, 2.75) is 25.8 Å². The number of aryl methyl sites for hydroxylation is 2. The zero-order valence-corrected chi connectivity index (χ0v) is 15.1. The quantitative estimate of drug-likeness (QED) is 0.621. The summed E-state index contributed by atoms with van der Waals surface area (Å²) in [4.78, 5) is 3.45. The molecule has 1 atom stereocenters. The third kappa shape index (κ3) is 2.75. The highest BCUT2D eigenvalue weighted by atomic mass is 32.2.